The second-order valence-corrected chi connectivity index (χ2v) is 5.18. The second-order valence-electron chi connectivity index (χ2n) is 4.29. The van der Waals surface area contributed by atoms with Crippen molar-refractivity contribution in [2.24, 2.45) is 5.92 Å². The summed E-state index contributed by atoms with van der Waals surface area (Å²) in [5.74, 6) is 0.695. The predicted octanol–water partition coefficient (Wildman–Crippen LogP) is 2.49. The van der Waals surface area contributed by atoms with E-state index >= 15 is 0 Å². The van der Waals surface area contributed by atoms with Crippen molar-refractivity contribution in [2.45, 2.75) is 12.6 Å². The molecule has 1 atom stereocenters. The first-order chi connectivity index (χ1) is 8.44. The minimum Gasteiger partial charge on any atom is -0.366 e. The quantitative estimate of drug-likeness (QED) is 0.927. The van der Waals surface area contributed by atoms with Gasteiger partial charge in [-0.2, -0.15) is 21.9 Å². The lowest BCUT2D eigenvalue weighted by atomic mass is 10.1. The number of likely N-dealkylation sites (tertiary alicyclic amines) is 1. The third-order valence-corrected chi connectivity index (χ3v) is 3.67. The zero-order chi connectivity index (χ0) is 13.2. The van der Waals surface area contributed by atoms with Gasteiger partial charge in [-0.1, -0.05) is 11.6 Å². The molecule has 1 aliphatic rings. The number of aromatic nitrogens is 2. The van der Waals surface area contributed by atoms with Gasteiger partial charge < -0.3 is 5.32 Å². The highest BCUT2D eigenvalue weighted by Gasteiger charge is 2.34. The number of halogens is 4. The van der Waals surface area contributed by atoms with Gasteiger partial charge in [0.2, 0.25) is 0 Å². The van der Waals surface area contributed by atoms with E-state index in [4.69, 9.17) is 11.6 Å². The fourth-order valence-electron chi connectivity index (χ4n) is 2.00. The number of hydrogen-bond acceptors (Lipinski definition) is 5. The van der Waals surface area contributed by atoms with E-state index in [1.807, 2.05) is 0 Å². The minimum absolute atomic E-state index is 0.185. The van der Waals surface area contributed by atoms with E-state index in [0.29, 0.717) is 30.6 Å². The molecular formula is C9H12ClF3N4S. The molecule has 9 heteroatoms. The Morgan fingerprint density at radius 1 is 1.44 bits per heavy atom. The number of nitrogens with zero attached hydrogens (tertiary/aromatic N) is 3. The first-order valence-electron chi connectivity index (χ1n) is 5.45. The molecule has 1 N–H and O–H groups in total. The van der Waals surface area contributed by atoms with Gasteiger partial charge in [0.25, 0.3) is 0 Å². The molecule has 0 amide bonds. The first-order valence-corrected chi connectivity index (χ1v) is 6.56. The molecule has 2 heterocycles. The van der Waals surface area contributed by atoms with Crippen molar-refractivity contribution in [2.75, 3.05) is 31.5 Å². The molecule has 0 bridgehead atoms. The van der Waals surface area contributed by atoms with Crippen LogP contribution in [0.15, 0.2) is 0 Å². The number of hydrogen-bond donors (Lipinski definition) is 1. The Kier molecular flexibility index (Phi) is 4.29. The molecule has 0 aliphatic carbocycles. The lowest BCUT2D eigenvalue weighted by Gasteiger charge is -2.17. The molecule has 0 radical (unpaired) electrons. The summed E-state index contributed by atoms with van der Waals surface area (Å²) in [5, 5.41) is 3.33. The van der Waals surface area contributed by atoms with Crippen LogP contribution in [0.1, 0.15) is 6.42 Å². The smallest absolute Gasteiger partial charge is 0.366 e. The molecule has 0 aromatic carbocycles. The van der Waals surface area contributed by atoms with Gasteiger partial charge in [-0.3, -0.25) is 4.90 Å². The van der Waals surface area contributed by atoms with Gasteiger partial charge >= 0.3 is 6.18 Å². The predicted molar refractivity (Wildman–Crippen MR) is 64.0 cm³/mol. The summed E-state index contributed by atoms with van der Waals surface area (Å²) in [4.78, 5) is 1.42. The lowest BCUT2D eigenvalue weighted by molar-refractivity contribution is -0.143. The highest BCUT2D eigenvalue weighted by molar-refractivity contribution is 6.99. The molecule has 1 aromatic heterocycles. The summed E-state index contributed by atoms with van der Waals surface area (Å²) >= 11 is 6.76. The zero-order valence-electron chi connectivity index (χ0n) is 9.37. The summed E-state index contributed by atoms with van der Waals surface area (Å²) in [7, 11) is 0. The minimum atomic E-state index is -4.12. The van der Waals surface area contributed by atoms with Crippen LogP contribution in [0.25, 0.3) is 0 Å². The van der Waals surface area contributed by atoms with Crippen molar-refractivity contribution in [3.63, 3.8) is 0 Å². The van der Waals surface area contributed by atoms with Crippen molar-refractivity contribution in [1.82, 2.24) is 13.6 Å². The van der Waals surface area contributed by atoms with Crippen molar-refractivity contribution in [3.8, 4) is 0 Å². The van der Waals surface area contributed by atoms with Gasteiger partial charge in [-0.15, -0.1) is 0 Å². The normalized spacial score (nSPS) is 21.4. The van der Waals surface area contributed by atoms with Crippen LogP contribution in [-0.4, -0.2) is 46.0 Å². The topological polar surface area (TPSA) is 41.0 Å². The Morgan fingerprint density at radius 2 is 2.22 bits per heavy atom. The van der Waals surface area contributed by atoms with E-state index < -0.39 is 12.7 Å². The van der Waals surface area contributed by atoms with Gasteiger partial charge in [-0.25, -0.2) is 0 Å². The molecule has 0 spiro atoms. The summed E-state index contributed by atoms with van der Waals surface area (Å²) in [6.45, 7) is 0.665. The van der Waals surface area contributed by atoms with Gasteiger partial charge in [0.1, 0.15) is 0 Å². The third kappa shape index (κ3) is 3.96. The van der Waals surface area contributed by atoms with Crippen LogP contribution in [-0.2, 0) is 0 Å². The van der Waals surface area contributed by atoms with E-state index in [9.17, 15) is 13.2 Å². The lowest BCUT2D eigenvalue weighted by Crippen LogP contribution is -2.33. The monoisotopic (exact) mass is 300 g/mol. The molecule has 18 heavy (non-hydrogen) atoms. The van der Waals surface area contributed by atoms with Crippen LogP contribution in [0.4, 0.5) is 19.0 Å². The van der Waals surface area contributed by atoms with E-state index in [-0.39, 0.29) is 5.92 Å². The fourth-order valence-corrected chi connectivity index (χ4v) is 2.68. The number of alkyl halides is 3. The molecule has 1 aromatic rings. The highest BCUT2D eigenvalue weighted by Crippen LogP contribution is 2.24. The van der Waals surface area contributed by atoms with Gasteiger partial charge in [-0.05, 0) is 18.9 Å². The van der Waals surface area contributed by atoms with Gasteiger partial charge in [0.05, 0.1) is 18.3 Å². The molecule has 2 rings (SSSR count). The molecule has 1 fully saturated rings. The SMILES string of the molecule is FC(F)(F)CN1CCC(CNc2nsnc2Cl)C1. The summed E-state index contributed by atoms with van der Waals surface area (Å²) in [6, 6.07) is 0. The molecule has 4 nitrogen and oxygen atoms in total. The molecule has 1 saturated heterocycles. The Hall–Kier alpha value is -0.600. The van der Waals surface area contributed by atoms with Gasteiger partial charge in [0, 0.05) is 13.1 Å². The summed E-state index contributed by atoms with van der Waals surface area (Å²) in [6.07, 6.45) is -3.37. The number of nitrogens with one attached hydrogen (secondary N) is 1. The Labute approximate surface area is 111 Å². The summed E-state index contributed by atoms with van der Waals surface area (Å²) in [5.41, 5.74) is 0. The third-order valence-electron chi connectivity index (χ3n) is 2.78. The van der Waals surface area contributed by atoms with Crippen molar-refractivity contribution < 1.29 is 13.2 Å². The van der Waals surface area contributed by atoms with E-state index in [0.717, 1.165) is 18.1 Å². The average Bonchev–Trinajstić information content (AvgIpc) is 2.82. The van der Waals surface area contributed by atoms with Gasteiger partial charge in [0.15, 0.2) is 11.0 Å². The fraction of sp³-hybridized carbons (Fsp3) is 0.778. The average molecular weight is 301 g/mol. The number of rotatable bonds is 4. The first kappa shape index (κ1) is 13.8. The van der Waals surface area contributed by atoms with Crippen LogP contribution in [0.5, 0.6) is 0 Å². The van der Waals surface area contributed by atoms with Crippen LogP contribution in [0, 0.1) is 5.92 Å². The van der Waals surface area contributed by atoms with Crippen LogP contribution >= 0.6 is 23.3 Å². The molecule has 1 aliphatic heterocycles. The van der Waals surface area contributed by atoms with E-state index in [2.05, 4.69) is 14.1 Å². The van der Waals surface area contributed by atoms with Crippen molar-refractivity contribution in [3.05, 3.63) is 5.15 Å². The summed E-state index contributed by atoms with van der Waals surface area (Å²) < 4.78 is 44.4. The Balaban J connectivity index is 1.75. The maximum atomic E-state index is 12.2. The van der Waals surface area contributed by atoms with E-state index in [1.165, 1.54) is 4.90 Å². The molecule has 102 valence electrons. The molecular weight excluding hydrogens is 289 g/mol. The largest absolute Gasteiger partial charge is 0.401 e. The maximum absolute atomic E-state index is 12.2. The van der Waals surface area contributed by atoms with Crippen molar-refractivity contribution >= 4 is 29.1 Å². The van der Waals surface area contributed by atoms with E-state index in [1.54, 1.807) is 0 Å². The second kappa shape index (κ2) is 5.58. The molecule has 1 unspecified atom stereocenters. The highest BCUT2D eigenvalue weighted by atomic mass is 35.5. The van der Waals surface area contributed by atoms with Crippen molar-refractivity contribution in [1.29, 1.82) is 0 Å². The van der Waals surface area contributed by atoms with Crippen LogP contribution in [0.3, 0.4) is 0 Å². The standard InChI is InChI=1S/C9H12ClF3N4S/c10-7-8(16-18-15-7)14-3-6-1-2-17(4-6)5-9(11,12)13/h6H,1-5H2,(H,14,16). The molecule has 0 saturated carbocycles. The Bertz CT molecular complexity index is 397. The Morgan fingerprint density at radius 3 is 2.83 bits per heavy atom. The van der Waals surface area contributed by atoms with Crippen LogP contribution < -0.4 is 5.32 Å². The number of anilines is 1. The maximum Gasteiger partial charge on any atom is 0.401 e. The zero-order valence-corrected chi connectivity index (χ0v) is 10.9. The van der Waals surface area contributed by atoms with Crippen LogP contribution in [0.2, 0.25) is 5.15 Å².